The van der Waals surface area contributed by atoms with Crippen molar-refractivity contribution in [3.63, 3.8) is 0 Å². The summed E-state index contributed by atoms with van der Waals surface area (Å²) < 4.78 is 5.00. The van der Waals surface area contributed by atoms with E-state index in [4.69, 9.17) is 9.72 Å². The molecule has 3 aromatic rings. The van der Waals surface area contributed by atoms with Gasteiger partial charge >= 0.3 is 0 Å². The van der Waals surface area contributed by atoms with Gasteiger partial charge in [0.1, 0.15) is 0 Å². The minimum atomic E-state index is -0.00688. The quantitative estimate of drug-likeness (QED) is 0.533. The predicted octanol–water partition coefficient (Wildman–Crippen LogP) is 2.21. The first kappa shape index (κ1) is 22.8. The van der Waals surface area contributed by atoms with Crippen LogP contribution in [0.25, 0.3) is 22.2 Å². The summed E-state index contributed by atoms with van der Waals surface area (Å²) in [4.78, 5) is 38.4. The molecule has 172 valence electrons. The number of ether oxygens (including phenoxy) is 1. The van der Waals surface area contributed by atoms with E-state index in [-0.39, 0.29) is 11.8 Å². The Kier molecular flexibility index (Phi) is 7.59. The van der Waals surface area contributed by atoms with Gasteiger partial charge < -0.3 is 15.0 Å². The minimum absolute atomic E-state index is 0.00688. The van der Waals surface area contributed by atoms with E-state index in [2.05, 4.69) is 15.2 Å². The number of hydrogen-bond acceptors (Lipinski definition) is 6. The van der Waals surface area contributed by atoms with Crippen LogP contribution in [0.5, 0.6) is 0 Å². The number of aromatic nitrogens is 2. The molecule has 1 aliphatic heterocycles. The Hall–Kier alpha value is -3.36. The van der Waals surface area contributed by atoms with Crippen molar-refractivity contribution in [1.82, 2.24) is 25.1 Å². The molecule has 0 unspecified atom stereocenters. The fourth-order valence-electron chi connectivity index (χ4n) is 4.01. The zero-order chi connectivity index (χ0) is 23.0. The van der Waals surface area contributed by atoms with Gasteiger partial charge in [-0.2, -0.15) is 0 Å². The maximum absolute atomic E-state index is 13.5. The third kappa shape index (κ3) is 5.71. The van der Waals surface area contributed by atoms with E-state index in [0.29, 0.717) is 51.4 Å². The van der Waals surface area contributed by atoms with Crippen LogP contribution in [-0.4, -0.2) is 84.6 Å². The fourth-order valence-corrected chi connectivity index (χ4v) is 4.01. The van der Waals surface area contributed by atoms with Crippen LogP contribution < -0.4 is 5.32 Å². The molecule has 0 radical (unpaired) electrons. The molecule has 0 bridgehead atoms. The van der Waals surface area contributed by atoms with E-state index < -0.39 is 0 Å². The maximum Gasteiger partial charge on any atom is 0.254 e. The van der Waals surface area contributed by atoms with Crippen LogP contribution in [-0.2, 0) is 9.53 Å². The molecular weight excluding hydrogens is 418 g/mol. The number of pyridine rings is 2. The molecule has 1 N–H and O–H groups in total. The van der Waals surface area contributed by atoms with Crippen molar-refractivity contribution in [3.05, 3.63) is 60.4 Å². The molecular formula is C25H29N5O3. The van der Waals surface area contributed by atoms with Crippen molar-refractivity contribution in [1.29, 1.82) is 0 Å². The van der Waals surface area contributed by atoms with Crippen molar-refractivity contribution in [2.75, 3.05) is 53.0 Å². The van der Waals surface area contributed by atoms with Gasteiger partial charge in [0, 0.05) is 69.8 Å². The van der Waals surface area contributed by atoms with Crippen molar-refractivity contribution < 1.29 is 14.3 Å². The lowest BCUT2D eigenvalue weighted by Crippen LogP contribution is -2.51. The maximum atomic E-state index is 13.5. The van der Waals surface area contributed by atoms with E-state index in [9.17, 15) is 9.59 Å². The average molecular weight is 448 g/mol. The van der Waals surface area contributed by atoms with E-state index in [1.54, 1.807) is 19.5 Å². The lowest BCUT2D eigenvalue weighted by molar-refractivity contribution is -0.122. The second-order valence-electron chi connectivity index (χ2n) is 8.07. The Morgan fingerprint density at radius 3 is 2.58 bits per heavy atom. The molecule has 0 aliphatic carbocycles. The molecule has 8 heteroatoms. The van der Waals surface area contributed by atoms with Gasteiger partial charge in [-0.1, -0.05) is 18.2 Å². The Labute approximate surface area is 193 Å². The van der Waals surface area contributed by atoms with Crippen LogP contribution in [0.2, 0.25) is 0 Å². The minimum Gasteiger partial charge on any atom is -0.385 e. The lowest BCUT2D eigenvalue weighted by atomic mass is 10.0. The van der Waals surface area contributed by atoms with E-state index in [1.165, 1.54) is 0 Å². The van der Waals surface area contributed by atoms with Crippen molar-refractivity contribution in [2.24, 2.45) is 0 Å². The van der Waals surface area contributed by atoms with Gasteiger partial charge in [0.2, 0.25) is 5.91 Å². The van der Waals surface area contributed by atoms with Crippen LogP contribution in [0, 0.1) is 0 Å². The highest BCUT2D eigenvalue weighted by molar-refractivity contribution is 6.07. The molecule has 1 fully saturated rings. The summed E-state index contributed by atoms with van der Waals surface area (Å²) in [6.45, 7) is 4.08. The summed E-state index contributed by atoms with van der Waals surface area (Å²) in [5.41, 5.74) is 3.12. The summed E-state index contributed by atoms with van der Waals surface area (Å²) in [6, 6.07) is 13.4. The second-order valence-corrected chi connectivity index (χ2v) is 8.07. The third-order valence-corrected chi connectivity index (χ3v) is 5.80. The molecule has 0 saturated carbocycles. The second kappa shape index (κ2) is 11.0. The van der Waals surface area contributed by atoms with Gasteiger partial charge in [-0.15, -0.1) is 0 Å². The Morgan fingerprint density at radius 2 is 1.82 bits per heavy atom. The van der Waals surface area contributed by atoms with Crippen LogP contribution in [0.15, 0.2) is 54.9 Å². The van der Waals surface area contributed by atoms with E-state index in [1.807, 2.05) is 47.4 Å². The highest BCUT2D eigenvalue weighted by Crippen LogP contribution is 2.26. The van der Waals surface area contributed by atoms with Gasteiger partial charge in [-0.25, -0.2) is 4.98 Å². The molecule has 2 amide bonds. The van der Waals surface area contributed by atoms with Crippen LogP contribution in [0.4, 0.5) is 0 Å². The molecule has 8 nitrogen and oxygen atoms in total. The summed E-state index contributed by atoms with van der Waals surface area (Å²) in [5.74, 6) is 0.000531. The molecule has 0 atom stereocenters. The van der Waals surface area contributed by atoms with Crippen LogP contribution in [0.1, 0.15) is 16.8 Å². The Balaban J connectivity index is 1.44. The van der Waals surface area contributed by atoms with E-state index >= 15 is 0 Å². The standard InChI is InChI=1S/C25H29N5O3/c1-33-16-4-9-27-24(31)18-29-12-14-30(15-13-29)25(32)21-17-23(19-7-10-26-11-8-19)28-22-6-3-2-5-20(21)22/h2-3,5-8,10-11,17H,4,9,12-16,18H2,1H3,(H,27,31). The van der Waals surface area contributed by atoms with Gasteiger partial charge in [-0.05, 0) is 30.7 Å². The number of nitrogens with one attached hydrogen (secondary N) is 1. The molecule has 1 aliphatic rings. The van der Waals surface area contributed by atoms with Gasteiger partial charge in [0.25, 0.3) is 5.91 Å². The number of carbonyl (C=O) groups is 2. The van der Waals surface area contributed by atoms with E-state index in [0.717, 1.165) is 28.6 Å². The molecule has 3 heterocycles. The summed E-state index contributed by atoms with van der Waals surface area (Å²) in [6.07, 6.45) is 4.24. The number of rotatable bonds is 8. The Morgan fingerprint density at radius 1 is 1.06 bits per heavy atom. The van der Waals surface area contributed by atoms with Crippen LogP contribution in [0.3, 0.4) is 0 Å². The van der Waals surface area contributed by atoms with Crippen molar-refractivity contribution >= 4 is 22.7 Å². The first-order valence-electron chi connectivity index (χ1n) is 11.2. The highest BCUT2D eigenvalue weighted by atomic mass is 16.5. The highest BCUT2D eigenvalue weighted by Gasteiger charge is 2.25. The number of fused-ring (bicyclic) bond motifs is 1. The monoisotopic (exact) mass is 447 g/mol. The van der Waals surface area contributed by atoms with Crippen molar-refractivity contribution in [3.8, 4) is 11.3 Å². The predicted molar refractivity (Wildman–Crippen MR) is 127 cm³/mol. The fraction of sp³-hybridized carbons (Fsp3) is 0.360. The summed E-state index contributed by atoms with van der Waals surface area (Å²) in [7, 11) is 1.65. The smallest absolute Gasteiger partial charge is 0.254 e. The first-order valence-corrected chi connectivity index (χ1v) is 11.2. The molecule has 2 aromatic heterocycles. The number of carbonyl (C=O) groups excluding carboxylic acids is 2. The lowest BCUT2D eigenvalue weighted by Gasteiger charge is -2.34. The summed E-state index contributed by atoms with van der Waals surface area (Å²) >= 11 is 0. The first-order chi connectivity index (χ1) is 16.2. The molecule has 1 aromatic carbocycles. The zero-order valence-corrected chi connectivity index (χ0v) is 18.9. The number of benzene rings is 1. The number of methoxy groups -OCH3 is 1. The normalized spacial score (nSPS) is 14.4. The van der Waals surface area contributed by atoms with Gasteiger partial charge in [0.05, 0.1) is 23.3 Å². The topological polar surface area (TPSA) is 87.7 Å². The molecule has 1 saturated heterocycles. The number of piperazine rings is 1. The molecule has 4 rings (SSSR count). The average Bonchev–Trinajstić information content (AvgIpc) is 2.86. The van der Waals surface area contributed by atoms with Gasteiger partial charge in [0.15, 0.2) is 0 Å². The zero-order valence-electron chi connectivity index (χ0n) is 18.9. The molecule has 0 spiro atoms. The molecule has 33 heavy (non-hydrogen) atoms. The number of hydrogen-bond donors (Lipinski definition) is 1. The van der Waals surface area contributed by atoms with Crippen LogP contribution >= 0.6 is 0 Å². The number of nitrogens with zero attached hydrogens (tertiary/aromatic N) is 4. The van der Waals surface area contributed by atoms with Gasteiger partial charge in [-0.3, -0.25) is 19.5 Å². The third-order valence-electron chi connectivity index (χ3n) is 5.80. The number of amides is 2. The van der Waals surface area contributed by atoms with Crippen molar-refractivity contribution in [2.45, 2.75) is 6.42 Å². The SMILES string of the molecule is COCCCNC(=O)CN1CCN(C(=O)c2cc(-c3ccncc3)nc3ccccc23)CC1. The number of para-hydroxylation sites is 1. The summed E-state index contributed by atoms with van der Waals surface area (Å²) in [5, 5.41) is 3.76. The largest absolute Gasteiger partial charge is 0.385 e. The Bertz CT molecular complexity index is 1100.